The molecule has 1 unspecified atom stereocenters. The molecule has 4 nitrogen and oxygen atoms in total. The first-order chi connectivity index (χ1) is 10.2. The molecule has 0 N–H and O–H groups in total. The van der Waals surface area contributed by atoms with E-state index < -0.39 is 0 Å². The smallest absolute Gasteiger partial charge is 0.0957 e. The van der Waals surface area contributed by atoms with E-state index in [4.69, 9.17) is 15.8 Å². The van der Waals surface area contributed by atoms with Crippen LogP contribution < -0.4 is 0 Å². The zero-order valence-electron chi connectivity index (χ0n) is 12.7. The minimum Gasteiger partial charge on any atom is -0.198 e. The molecule has 0 rings (SSSR count). The van der Waals surface area contributed by atoms with Gasteiger partial charge in [0.25, 0.3) is 0 Å². The SMILES string of the molecule is CCCC(C#N)CCCC(C#N)=C(C#N)CCCCC#N. The van der Waals surface area contributed by atoms with E-state index in [0.717, 1.165) is 38.5 Å². The maximum atomic E-state index is 9.18. The van der Waals surface area contributed by atoms with Crippen LogP contribution in [0.25, 0.3) is 0 Å². The Bertz CT molecular complexity index is 491. The van der Waals surface area contributed by atoms with Crippen molar-refractivity contribution in [3.63, 3.8) is 0 Å². The number of hydrogen-bond donors (Lipinski definition) is 0. The lowest BCUT2D eigenvalue weighted by Gasteiger charge is -2.07. The van der Waals surface area contributed by atoms with Gasteiger partial charge in [0.05, 0.1) is 24.3 Å². The molecular weight excluding hydrogens is 260 g/mol. The molecule has 0 heterocycles. The predicted octanol–water partition coefficient (Wildman–Crippen LogP) is 4.52. The van der Waals surface area contributed by atoms with E-state index in [1.807, 2.05) is 0 Å². The molecule has 0 aromatic carbocycles. The summed E-state index contributed by atoms with van der Waals surface area (Å²) in [5.74, 6) is 0.0520. The first-order valence-corrected chi connectivity index (χ1v) is 7.52. The Balaban J connectivity index is 4.42. The quantitative estimate of drug-likeness (QED) is 0.434. The Morgan fingerprint density at radius 1 is 0.857 bits per heavy atom. The summed E-state index contributed by atoms with van der Waals surface area (Å²) < 4.78 is 0. The molecule has 0 aromatic rings. The van der Waals surface area contributed by atoms with Crippen LogP contribution in [-0.2, 0) is 0 Å². The summed E-state index contributed by atoms with van der Waals surface area (Å²) in [5.41, 5.74) is 1.09. The van der Waals surface area contributed by atoms with E-state index in [2.05, 4.69) is 31.2 Å². The van der Waals surface area contributed by atoms with Crippen molar-refractivity contribution < 1.29 is 0 Å². The van der Waals surface area contributed by atoms with Crippen molar-refractivity contribution in [2.45, 2.75) is 64.7 Å². The van der Waals surface area contributed by atoms with E-state index in [9.17, 15) is 5.26 Å². The second kappa shape index (κ2) is 12.7. The zero-order valence-corrected chi connectivity index (χ0v) is 12.7. The summed E-state index contributed by atoms with van der Waals surface area (Å²) in [6, 6.07) is 8.61. The number of rotatable bonds is 10. The summed E-state index contributed by atoms with van der Waals surface area (Å²) in [4.78, 5) is 0. The molecule has 0 aromatic heterocycles. The molecule has 0 bridgehead atoms. The molecule has 0 aliphatic rings. The van der Waals surface area contributed by atoms with Crippen LogP contribution in [-0.4, -0.2) is 0 Å². The first kappa shape index (κ1) is 18.7. The second-order valence-corrected chi connectivity index (χ2v) is 5.05. The highest BCUT2D eigenvalue weighted by atomic mass is 14.3. The fourth-order valence-corrected chi connectivity index (χ4v) is 2.20. The average Bonchev–Trinajstić information content (AvgIpc) is 2.51. The lowest BCUT2D eigenvalue weighted by molar-refractivity contribution is 0.526. The van der Waals surface area contributed by atoms with E-state index in [1.165, 1.54) is 0 Å². The van der Waals surface area contributed by atoms with Crippen LogP contribution in [0, 0.1) is 51.2 Å². The molecule has 0 aliphatic heterocycles. The molecule has 21 heavy (non-hydrogen) atoms. The molecule has 0 saturated carbocycles. The van der Waals surface area contributed by atoms with E-state index in [1.54, 1.807) is 0 Å². The number of nitriles is 4. The van der Waals surface area contributed by atoms with Crippen LogP contribution in [0.2, 0.25) is 0 Å². The van der Waals surface area contributed by atoms with Gasteiger partial charge in [-0.15, -0.1) is 0 Å². The summed E-state index contributed by atoms with van der Waals surface area (Å²) in [6.45, 7) is 2.06. The number of hydrogen-bond acceptors (Lipinski definition) is 4. The lowest BCUT2D eigenvalue weighted by Crippen LogP contribution is -1.97. The minimum atomic E-state index is 0.0520. The predicted molar refractivity (Wildman–Crippen MR) is 80.2 cm³/mol. The molecule has 110 valence electrons. The Kier molecular flexibility index (Phi) is 11.3. The topological polar surface area (TPSA) is 95.2 Å². The van der Waals surface area contributed by atoms with E-state index in [0.29, 0.717) is 30.4 Å². The highest BCUT2D eigenvalue weighted by Gasteiger charge is 2.10. The zero-order chi connectivity index (χ0) is 15.9. The normalized spacial score (nSPS) is 12.2. The Hall–Kier alpha value is -2.30. The summed E-state index contributed by atoms with van der Waals surface area (Å²) in [5, 5.41) is 35.8. The van der Waals surface area contributed by atoms with Gasteiger partial charge in [0.2, 0.25) is 0 Å². The number of nitrogens with zero attached hydrogens (tertiary/aromatic N) is 4. The maximum absolute atomic E-state index is 9.18. The molecule has 4 heteroatoms. The third kappa shape index (κ3) is 8.47. The average molecular weight is 282 g/mol. The van der Waals surface area contributed by atoms with Crippen molar-refractivity contribution in [3.05, 3.63) is 11.1 Å². The van der Waals surface area contributed by atoms with Crippen LogP contribution in [0.3, 0.4) is 0 Å². The van der Waals surface area contributed by atoms with Gasteiger partial charge in [0.1, 0.15) is 0 Å². The third-order valence-corrected chi connectivity index (χ3v) is 3.40. The molecule has 0 amide bonds. The van der Waals surface area contributed by atoms with Gasteiger partial charge in [-0.3, -0.25) is 0 Å². The van der Waals surface area contributed by atoms with E-state index in [-0.39, 0.29) is 5.92 Å². The van der Waals surface area contributed by atoms with Crippen LogP contribution in [0.1, 0.15) is 64.7 Å². The molecule has 0 spiro atoms. The number of unbranched alkanes of at least 4 members (excludes halogenated alkanes) is 2. The standard InChI is InChI=1S/C17H22N4/c1-2-7-15(12-19)8-6-10-17(14-21)16(13-20)9-4-3-5-11-18/h15H,2-10H2,1H3. The van der Waals surface area contributed by atoms with Crippen LogP contribution in [0.15, 0.2) is 11.1 Å². The van der Waals surface area contributed by atoms with Crippen molar-refractivity contribution in [1.82, 2.24) is 0 Å². The Morgan fingerprint density at radius 3 is 1.95 bits per heavy atom. The van der Waals surface area contributed by atoms with Gasteiger partial charge >= 0.3 is 0 Å². The molecule has 0 fully saturated rings. The highest BCUT2D eigenvalue weighted by Crippen LogP contribution is 2.20. The molecule has 0 radical (unpaired) electrons. The van der Waals surface area contributed by atoms with Gasteiger partial charge in [0, 0.05) is 23.5 Å². The van der Waals surface area contributed by atoms with Gasteiger partial charge in [-0.05, 0) is 44.9 Å². The fraction of sp³-hybridized carbons (Fsp3) is 0.647. The second-order valence-electron chi connectivity index (χ2n) is 5.05. The van der Waals surface area contributed by atoms with Crippen LogP contribution in [0.5, 0.6) is 0 Å². The van der Waals surface area contributed by atoms with Crippen molar-refractivity contribution in [2.24, 2.45) is 5.92 Å². The summed E-state index contributed by atoms with van der Waals surface area (Å²) >= 11 is 0. The van der Waals surface area contributed by atoms with Gasteiger partial charge in [-0.25, -0.2) is 0 Å². The molecular formula is C17H22N4. The van der Waals surface area contributed by atoms with Crippen molar-refractivity contribution in [3.8, 4) is 24.3 Å². The third-order valence-electron chi connectivity index (χ3n) is 3.40. The summed E-state index contributed by atoms with van der Waals surface area (Å²) in [6.07, 6.45) is 6.57. The van der Waals surface area contributed by atoms with Crippen molar-refractivity contribution >= 4 is 0 Å². The van der Waals surface area contributed by atoms with Gasteiger partial charge in [-0.2, -0.15) is 21.0 Å². The Labute approximate surface area is 127 Å². The minimum absolute atomic E-state index is 0.0520. The highest BCUT2D eigenvalue weighted by molar-refractivity contribution is 5.36. The van der Waals surface area contributed by atoms with Crippen molar-refractivity contribution in [2.75, 3.05) is 0 Å². The largest absolute Gasteiger partial charge is 0.198 e. The summed E-state index contributed by atoms with van der Waals surface area (Å²) in [7, 11) is 0. The maximum Gasteiger partial charge on any atom is 0.0957 e. The van der Waals surface area contributed by atoms with Gasteiger partial charge in [0.15, 0.2) is 0 Å². The van der Waals surface area contributed by atoms with Gasteiger partial charge in [-0.1, -0.05) is 13.3 Å². The van der Waals surface area contributed by atoms with Crippen molar-refractivity contribution in [1.29, 1.82) is 21.0 Å². The van der Waals surface area contributed by atoms with Crippen LogP contribution >= 0.6 is 0 Å². The fourth-order valence-electron chi connectivity index (χ4n) is 2.20. The monoisotopic (exact) mass is 282 g/mol. The Morgan fingerprint density at radius 2 is 1.48 bits per heavy atom. The molecule has 1 atom stereocenters. The van der Waals surface area contributed by atoms with Crippen LogP contribution in [0.4, 0.5) is 0 Å². The first-order valence-electron chi connectivity index (χ1n) is 7.52. The number of allylic oxidation sites excluding steroid dienone is 2. The lowest BCUT2D eigenvalue weighted by atomic mass is 9.94. The molecule has 0 aliphatic carbocycles. The van der Waals surface area contributed by atoms with E-state index >= 15 is 0 Å². The molecule has 0 saturated heterocycles. The van der Waals surface area contributed by atoms with Gasteiger partial charge < -0.3 is 0 Å².